The van der Waals surface area contributed by atoms with Crippen LogP contribution in [0.1, 0.15) is 13.3 Å². The summed E-state index contributed by atoms with van der Waals surface area (Å²) in [4.78, 5) is 0. The summed E-state index contributed by atoms with van der Waals surface area (Å²) in [6.45, 7) is 1.73. The molecule has 0 aromatic heterocycles. The molecule has 0 aliphatic heterocycles. The highest BCUT2D eigenvalue weighted by Crippen LogP contribution is 2.27. The van der Waals surface area contributed by atoms with Gasteiger partial charge in [-0.25, -0.2) is 0 Å². The number of rotatable bonds is 3. The van der Waals surface area contributed by atoms with Gasteiger partial charge in [0.05, 0.1) is 6.04 Å². The largest absolute Gasteiger partial charge is 0.311 e. The van der Waals surface area contributed by atoms with Gasteiger partial charge in [-0.3, -0.25) is 0 Å². The van der Waals surface area contributed by atoms with Crippen molar-refractivity contribution in [1.29, 1.82) is 0 Å². The molecule has 0 saturated carbocycles. The Morgan fingerprint density at radius 2 is 2.11 bits per heavy atom. The van der Waals surface area contributed by atoms with Gasteiger partial charge in [0.1, 0.15) is 0 Å². The summed E-state index contributed by atoms with van der Waals surface area (Å²) in [6, 6.07) is -0.696. The monoisotopic (exact) mass is 249 g/mol. The molecule has 0 aromatic carbocycles. The van der Waals surface area contributed by atoms with Gasteiger partial charge < -0.3 is 5.32 Å². The normalized spacial score (nSPS) is 15.7. The molecule has 0 amide bonds. The molecule has 1 N–H and O–H groups in total. The Balaban J connectivity index is 3.79. The van der Waals surface area contributed by atoms with Crippen molar-refractivity contribution in [3.05, 3.63) is 0 Å². The Kier molecular flexibility index (Phi) is 3.88. The molecule has 0 saturated heterocycles. The number of nitrogens with one attached hydrogen (secondary N) is 1. The predicted octanol–water partition coefficient (Wildman–Crippen LogP) is 2.01. The Bertz CT molecular complexity index is 77.5. The van der Waals surface area contributed by atoms with Crippen molar-refractivity contribution in [2.75, 3.05) is 7.05 Å². The summed E-state index contributed by atoms with van der Waals surface area (Å²) in [5.41, 5.74) is 0. The third-order valence-electron chi connectivity index (χ3n) is 1.15. The number of alkyl halides is 3. The summed E-state index contributed by atoms with van der Waals surface area (Å²) >= 11 is 1.14. The summed E-state index contributed by atoms with van der Waals surface area (Å²) in [5, 5.41) is 2.53. The van der Waals surface area contributed by atoms with Gasteiger partial charge in [-0.2, -0.15) is 8.78 Å². The summed E-state index contributed by atoms with van der Waals surface area (Å²) in [7, 11) is 1.54. The van der Waals surface area contributed by atoms with Crippen LogP contribution in [0.4, 0.5) is 8.78 Å². The van der Waals surface area contributed by atoms with Gasteiger partial charge in [-0.15, -0.1) is 0 Å². The van der Waals surface area contributed by atoms with E-state index in [2.05, 4.69) is 5.32 Å². The zero-order valence-corrected chi connectivity index (χ0v) is 7.58. The van der Waals surface area contributed by atoms with E-state index in [1.54, 1.807) is 14.0 Å². The quantitative estimate of drug-likeness (QED) is 0.596. The summed E-state index contributed by atoms with van der Waals surface area (Å²) in [5.74, 6) is 0. The van der Waals surface area contributed by atoms with E-state index in [-0.39, 0.29) is 0 Å². The van der Waals surface area contributed by atoms with E-state index >= 15 is 0 Å². The first-order chi connectivity index (χ1) is 4.02. The van der Waals surface area contributed by atoms with Crippen LogP contribution in [0.15, 0.2) is 0 Å². The molecule has 1 unspecified atom stereocenters. The molecule has 1 nitrogen and oxygen atoms in total. The third-order valence-corrected chi connectivity index (χ3v) is 1.90. The van der Waals surface area contributed by atoms with Crippen molar-refractivity contribution in [1.82, 2.24) is 5.32 Å². The van der Waals surface area contributed by atoms with Crippen molar-refractivity contribution in [3.8, 4) is 0 Å². The van der Waals surface area contributed by atoms with Crippen molar-refractivity contribution < 1.29 is 8.78 Å². The molecule has 0 heterocycles. The molecule has 1 atom stereocenters. The van der Waals surface area contributed by atoms with E-state index < -0.39 is 9.97 Å². The van der Waals surface area contributed by atoms with Crippen LogP contribution in [0.2, 0.25) is 0 Å². The zero-order chi connectivity index (χ0) is 7.49. The van der Waals surface area contributed by atoms with Crippen LogP contribution in [0.5, 0.6) is 0 Å². The van der Waals surface area contributed by atoms with E-state index in [0.29, 0.717) is 6.42 Å². The summed E-state index contributed by atoms with van der Waals surface area (Å²) in [6.07, 6.45) is 0.451. The topological polar surface area (TPSA) is 12.0 Å². The fraction of sp³-hybridized carbons (Fsp3) is 1.00. The summed E-state index contributed by atoms with van der Waals surface area (Å²) < 4.78 is 22.0. The van der Waals surface area contributed by atoms with Crippen LogP contribution in [-0.2, 0) is 0 Å². The molecule has 0 fully saturated rings. The third kappa shape index (κ3) is 3.30. The highest BCUT2D eigenvalue weighted by molar-refractivity contribution is 14.1. The first-order valence-corrected chi connectivity index (χ1v) is 3.84. The maximum atomic E-state index is 12.3. The number of halogens is 3. The van der Waals surface area contributed by atoms with Crippen molar-refractivity contribution in [2.24, 2.45) is 0 Å². The lowest BCUT2D eigenvalue weighted by atomic mass is 10.2. The van der Waals surface area contributed by atoms with Gasteiger partial charge in [0, 0.05) is 22.6 Å². The van der Waals surface area contributed by atoms with Crippen LogP contribution in [0.3, 0.4) is 0 Å². The minimum absolute atomic E-state index is 0.451. The molecule has 0 aliphatic rings. The number of hydrogen-bond donors (Lipinski definition) is 1. The fourth-order valence-electron chi connectivity index (χ4n) is 0.599. The van der Waals surface area contributed by atoms with E-state index in [1.165, 1.54) is 0 Å². The minimum atomic E-state index is -2.62. The van der Waals surface area contributed by atoms with Crippen LogP contribution >= 0.6 is 22.6 Å². The highest BCUT2D eigenvalue weighted by atomic mass is 127. The molecule has 0 bridgehead atoms. The molecule has 0 aliphatic carbocycles. The van der Waals surface area contributed by atoms with E-state index in [1.807, 2.05) is 0 Å². The van der Waals surface area contributed by atoms with Crippen LogP contribution in [0.25, 0.3) is 0 Å². The van der Waals surface area contributed by atoms with Crippen LogP contribution in [0, 0.1) is 0 Å². The molecule has 0 aromatic rings. The van der Waals surface area contributed by atoms with Gasteiger partial charge in [-0.05, 0) is 13.5 Å². The smallest absolute Gasteiger partial charge is 0.311 e. The highest BCUT2D eigenvalue weighted by Gasteiger charge is 2.33. The van der Waals surface area contributed by atoms with Gasteiger partial charge in [0.2, 0.25) is 0 Å². The van der Waals surface area contributed by atoms with E-state index in [4.69, 9.17) is 0 Å². The second kappa shape index (κ2) is 3.65. The lowest BCUT2D eigenvalue weighted by Crippen LogP contribution is -2.37. The van der Waals surface area contributed by atoms with Crippen molar-refractivity contribution in [2.45, 2.75) is 23.3 Å². The fourth-order valence-corrected chi connectivity index (χ4v) is 1.35. The second-order valence-electron chi connectivity index (χ2n) is 1.79. The Labute approximate surface area is 67.3 Å². The Hall–Kier alpha value is 0.550. The van der Waals surface area contributed by atoms with Crippen LogP contribution < -0.4 is 5.32 Å². The lowest BCUT2D eigenvalue weighted by molar-refractivity contribution is 0.0805. The van der Waals surface area contributed by atoms with Crippen molar-refractivity contribution >= 4 is 22.6 Å². The average Bonchev–Trinajstić information content (AvgIpc) is 1.65. The van der Waals surface area contributed by atoms with Gasteiger partial charge in [0.15, 0.2) is 0 Å². The average molecular weight is 249 g/mol. The molecule has 0 spiro atoms. The molecule has 4 heteroatoms. The maximum Gasteiger partial charge on any atom is 0.311 e. The Morgan fingerprint density at radius 1 is 1.67 bits per heavy atom. The molecular weight excluding hydrogens is 239 g/mol. The number of hydrogen-bond acceptors (Lipinski definition) is 1. The zero-order valence-electron chi connectivity index (χ0n) is 5.42. The molecule has 0 radical (unpaired) electrons. The SMILES string of the molecule is CCC(NC)C(F)(F)I. The van der Waals surface area contributed by atoms with E-state index in [9.17, 15) is 8.78 Å². The van der Waals surface area contributed by atoms with Gasteiger partial charge in [0.25, 0.3) is 0 Å². The molecule has 56 valence electrons. The van der Waals surface area contributed by atoms with Crippen LogP contribution in [-0.4, -0.2) is 17.0 Å². The Morgan fingerprint density at radius 3 is 2.11 bits per heavy atom. The first-order valence-electron chi connectivity index (χ1n) is 2.76. The standard InChI is InChI=1S/C5H10F2IN/c1-3-4(9-2)5(6,7)8/h4,9H,3H2,1-2H3. The molecular formula is C5H10F2IN. The van der Waals surface area contributed by atoms with Crippen molar-refractivity contribution in [3.63, 3.8) is 0 Å². The van der Waals surface area contributed by atoms with E-state index in [0.717, 1.165) is 22.6 Å². The predicted molar refractivity (Wildman–Crippen MR) is 42.1 cm³/mol. The van der Waals surface area contributed by atoms with Gasteiger partial charge >= 0.3 is 3.93 Å². The minimum Gasteiger partial charge on any atom is -0.311 e. The lowest BCUT2D eigenvalue weighted by Gasteiger charge is -2.18. The van der Waals surface area contributed by atoms with Gasteiger partial charge in [-0.1, -0.05) is 6.92 Å². The second-order valence-corrected chi connectivity index (χ2v) is 3.23. The molecule has 9 heavy (non-hydrogen) atoms. The maximum absolute atomic E-state index is 12.3. The first kappa shape index (κ1) is 9.55. The molecule has 0 rings (SSSR count).